The van der Waals surface area contributed by atoms with Crippen molar-refractivity contribution in [1.29, 1.82) is 0 Å². The van der Waals surface area contributed by atoms with E-state index in [9.17, 15) is 5.11 Å². The van der Waals surface area contributed by atoms with Crippen LogP contribution in [0.4, 0.5) is 0 Å². The molecule has 6 atom stereocenters. The summed E-state index contributed by atoms with van der Waals surface area (Å²) in [5, 5.41) is 11.0. The molecule has 16 heavy (non-hydrogen) atoms. The fourth-order valence-electron chi connectivity index (χ4n) is 7.54. The minimum absolute atomic E-state index is 0.279. The lowest BCUT2D eigenvalue weighted by molar-refractivity contribution is -0.0260. The highest BCUT2D eigenvalue weighted by molar-refractivity contribution is 5.51. The Morgan fingerprint density at radius 3 is 2.62 bits per heavy atom. The number of aliphatic hydroxyl groups is 1. The Bertz CT molecular complexity index is 450. The predicted octanol–water partition coefficient (Wildman–Crippen LogP) is 2.75. The summed E-state index contributed by atoms with van der Waals surface area (Å²) in [6.45, 7) is 4.92. The van der Waals surface area contributed by atoms with Crippen molar-refractivity contribution in [2.45, 2.75) is 45.1 Å². The van der Waals surface area contributed by atoms with E-state index >= 15 is 0 Å². The lowest BCUT2D eigenvalue weighted by Gasteiger charge is -2.38. The zero-order valence-corrected chi connectivity index (χ0v) is 10.2. The van der Waals surface area contributed by atoms with Gasteiger partial charge in [0.05, 0.1) is 5.60 Å². The van der Waals surface area contributed by atoms with Gasteiger partial charge in [0.2, 0.25) is 0 Å². The molecule has 5 rings (SSSR count). The van der Waals surface area contributed by atoms with Crippen molar-refractivity contribution in [3.8, 4) is 0 Å². The first-order chi connectivity index (χ1) is 7.52. The molecular formula is C15H20O. The normalized spacial score (nSPS) is 70.8. The van der Waals surface area contributed by atoms with Crippen LogP contribution in [0, 0.1) is 34.0 Å². The molecule has 0 aromatic rings. The summed E-state index contributed by atoms with van der Waals surface area (Å²) in [6.07, 6.45) is 9.72. The fourth-order valence-corrected chi connectivity index (χ4v) is 7.54. The van der Waals surface area contributed by atoms with Crippen molar-refractivity contribution in [2.24, 2.45) is 34.0 Å². The number of rotatable bonds is 0. The molecule has 2 unspecified atom stereocenters. The van der Waals surface area contributed by atoms with E-state index in [-0.39, 0.29) is 5.60 Å². The molecule has 5 aliphatic rings. The third-order valence-electron chi connectivity index (χ3n) is 7.60. The van der Waals surface area contributed by atoms with Crippen molar-refractivity contribution < 1.29 is 5.11 Å². The molecule has 0 heterocycles. The molecule has 0 aromatic carbocycles. The summed E-state index contributed by atoms with van der Waals surface area (Å²) in [6, 6.07) is 0. The maximum absolute atomic E-state index is 11.0. The van der Waals surface area contributed by atoms with E-state index in [2.05, 4.69) is 26.0 Å². The summed E-state index contributed by atoms with van der Waals surface area (Å²) in [5.41, 5.74) is 1.02. The maximum atomic E-state index is 11.0. The molecule has 86 valence electrons. The van der Waals surface area contributed by atoms with Gasteiger partial charge in [-0.2, -0.15) is 0 Å². The van der Waals surface area contributed by atoms with E-state index in [4.69, 9.17) is 0 Å². The first kappa shape index (κ1) is 8.74. The first-order valence-corrected chi connectivity index (χ1v) is 6.92. The van der Waals surface area contributed by atoms with E-state index in [1.165, 1.54) is 12.8 Å². The van der Waals surface area contributed by atoms with Crippen LogP contribution in [0.3, 0.4) is 0 Å². The van der Waals surface area contributed by atoms with E-state index in [1.807, 2.05) is 0 Å². The average molecular weight is 216 g/mol. The lowest BCUT2D eigenvalue weighted by Crippen LogP contribution is -2.38. The average Bonchev–Trinajstić information content (AvgIpc) is 2.57. The predicted molar refractivity (Wildman–Crippen MR) is 61.7 cm³/mol. The third-order valence-corrected chi connectivity index (χ3v) is 7.60. The molecule has 1 N–H and O–H groups in total. The molecular weight excluding hydrogens is 196 g/mol. The van der Waals surface area contributed by atoms with Crippen molar-refractivity contribution in [1.82, 2.24) is 0 Å². The minimum atomic E-state index is -0.279. The van der Waals surface area contributed by atoms with Crippen LogP contribution in [0.2, 0.25) is 0 Å². The van der Waals surface area contributed by atoms with E-state index < -0.39 is 0 Å². The Kier molecular flexibility index (Phi) is 1.01. The Labute approximate surface area is 96.9 Å². The highest BCUT2D eigenvalue weighted by Crippen LogP contribution is 2.98. The molecule has 4 fully saturated rings. The maximum Gasteiger partial charge on any atom is 0.0718 e. The zero-order chi connectivity index (χ0) is 11.0. The molecule has 0 radical (unpaired) electrons. The summed E-state index contributed by atoms with van der Waals surface area (Å²) in [4.78, 5) is 0. The van der Waals surface area contributed by atoms with Gasteiger partial charge in [-0.25, -0.2) is 0 Å². The standard InChI is InChI=1S/C15H20O/c1-12(2)9-3-4-11-14(9)8-7-13(16)6-5-10(12)15(11,13)14/h3-4,9-11,16H,5-8H2,1-2H3/t9-,10-,11?,13-,14+,15?/m0/s1. The zero-order valence-electron chi connectivity index (χ0n) is 10.2. The van der Waals surface area contributed by atoms with Gasteiger partial charge in [0.15, 0.2) is 0 Å². The highest BCUT2D eigenvalue weighted by Gasteiger charge is 2.97. The molecule has 1 heteroatoms. The fraction of sp³-hybridized carbons (Fsp3) is 0.867. The quantitative estimate of drug-likeness (QED) is 0.617. The smallest absolute Gasteiger partial charge is 0.0718 e. The Balaban J connectivity index is 1.85. The van der Waals surface area contributed by atoms with Gasteiger partial charge in [0.25, 0.3) is 0 Å². The molecule has 0 aromatic heterocycles. The Morgan fingerprint density at radius 2 is 1.81 bits per heavy atom. The summed E-state index contributed by atoms with van der Waals surface area (Å²) in [7, 11) is 0. The van der Waals surface area contributed by atoms with Gasteiger partial charge < -0.3 is 5.11 Å². The summed E-state index contributed by atoms with van der Waals surface area (Å²) < 4.78 is 0. The monoisotopic (exact) mass is 216 g/mol. The Hall–Kier alpha value is -0.300. The molecule has 0 bridgehead atoms. The van der Waals surface area contributed by atoms with Crippen LogP contribution in [0.1, 0.15) is 39.5 Å². The van der Waals surface area contributed by atoms with Crippen LogP contribution in [0.15, 0.2) is 12.2 Å². The number of hydrogen-bond donors (Lipinski definition) is 1. The molecule has 4 saturated carbocycles. The second-order valence-electron chi connectivity index (χ2n) is 7.69. The van der Waals surface area contributed by atoms with Crippen LogP contribution in [-0.2, 0) is 0 Å². The molecule has 0 aliphatic heterocycles. The van der Waals surface area contributed by atoms with Crippen molar-refractivity contribution >= 4 is 0 Å². The SMILES string of the molecule is CC1(C)[C@@H]2CC[C@]3(O)CC[C@]45C(C=C[C@@H]14)C235. The van der Waals surface area contributed by atoms with Crippen LogP contribution >= 0.6 is 0 Å². The lowest BCUT2D eigenvalue weighted by atomic mass is 9.67. The van der Waals surface area contributed by atoms with Crippen LogP contribution in [0.5, 0.6) is 0 Å². The van der Waals surface area contributed by atoms with E-state index in [0.717, 1.165) is 30.6 Å². The van der Waals surface area contributed by atoms with Gasteiger partial charge in [-0.05, 0) is 54.3 Å². The third kappa shape index (κ3) is 0.455. The second kappa shape index (κ2) is 1.84. The Morgan fingerprint density at radius 1 is 1.06 bits per heavy atom. The molecule has 5 aliphatic carbocycles. The topological polar surface area (TPSA) is 20.2 Å². The highest BCUT2D eigenvalue weighted by atomic mass is 16.3. The molecule has 0 saturated heterocycles. The van der Waals surface area contributed by atoms with Crippen LogP contribution < -0.4 is 0 Å². The van der Waals surface area contributed by atoms with E-state index in [0.29, 0.717) is 16.2 Å². The second-order valence-corrected chi connectivity index (χ2v) is 7.69. The summed E-state index contributed by atoms with van der Waals surface area (Å²) >= 11 is 0. The van der Waals surface area contributed by atoms with Crippen LogP contribution in [0.25, 0.3) is 0 Å². The van der Waals surface area contributed by atoms with Gasteiger partial charge in [-0.1, -0.05) is 26.0 Å². The first-order valence-electron chi connectivity index (χ1n) is 6.92. The van der Waals surface area contributed by atoms with Gasteiger partial charge in [0, 0.05) is 5.41 Å². The largest absolute Gasteiger partial charge is 0.389 e. The number of allylic oxidation sites excluding steroid dienone is 2. The minimum Gasteiger partial charge on any atom is -0.389 e. The molecule has 0 amide bonds. The van der Waals surface area contributed by atoms with Crippen molar-refractivity contribution in [3.63, 3.8) is 0 Å². The number of hydrogen-bond acceptors (Lipinski definition) is 1. The van der Waals surface area contributed by atoms with E-state index in [1.54, 1.807) is 0 Å². The molecule has 1 nitrogen and oxygen atoms in total. The van der Waals surface area contributed by atoms with Gasteiger partial charge >= 0.3 is 0 Å². The van der Waals surface area contributed by atoms with Gasteiger partial charge in [-0.3, -0.25) is 0 Å². The van der Waals surface area contributed by atoms with Crippen molar-refractivity contribution in [2.75, 3.05) is 0 Å². The van der Waals surface area contributed by atoms with Gasteiger partial charge in [0.1, 0.15) is 0 Å². The molecule has 2 spiro atoms. The van der Waals surface area contributed by atoms with Crippen molar-refractivity contribution in [3.05, 3.63) is 12.2 Å². The summed E-state index contributed by atoms with van der Waals surface area (Å²) in [5.74, 6) is 2.31. The van der Waals surface area contributed by atoms with Gasteiger partial charge in [-0.15, -0.1) is 0 Å². The van der Waals surface area contributed by atoms with Crippen LogP contribution in [-0.4, -0.2) is 10.7 Å².